The van der Waals surface area contributed by atoms with Crippen LogP contribution >= 0.6 is 0 Å². The average Bonchev–Trinajstić information content (AvgIpc) is 2.67. The minimum atomic E-state index is -0.222. The number of hydrogen-bond acceptors (Lipinski definition) is 5. The van der Waals surface area contributed by atoms with E-state index in [1.165, 1.54) is 0 Å². The number of hydrogen-bond donors (Lipinski definition) is 2. The third kappa shape index (κ3) is 5.30. The van der Waals surface area contributed by atoms with Crippen LogP contribution in [0.1, 0.15) is 27.4 Å². The first-order chi connectivity index (χ1) is 13.5. The number of nitrogens with one attached hydrogen (secondary N) is 2. The highest BCUT2D eigenvalue weighted by molar-refractivity contribution is 5.93. The van der Waals surface area contributed by atoms with Gasteiger partial charge in [-0.2, -0.15) is 0 Å². The van der Waals surface area contributed by atoms with E-state index in [4.69, 9.17) is 4.74 Å². The summed E-state index contributed by atoms with van der Waals surface area (Å²) in [7, 11) is 1.64. The lowest BCUT2D eigenvalue weighted by Gasteiger charge is -2.10. The van der Waals surface area contributed by atoms with Crippen molar-refractivity contribution in [1.29, 1.82) is 0 Å². The van der Waals surface area contributed by atoms with Gasteiger partial charge in [0.15, 0.2) is 0 Å². The Labute approximate surface area is 165 Å². The first kappa shape index (κ1) is 19.4. The lowest BCUT2D eigenvalue weighted by atomic mass is 10.1. The Morgan fingerprint density at radius 1 is 1.04 bits per heavy atom. The maximum atomic E-state index is 12.5. The standard InChI is InChI=1S/C22H24N4O2/c1-15-6-4-8-18(12-15)26-21-14-20(24-16(2)25-21)22(27)23-11-10-17-7-5-9-19(13-17)28-3/h4-9,12-14H,10-11H2,1-3H3,(H,23,27)(H,24,25,26). The molecule has 6 nitrogen and oxygen atoms in total. The summed E-state index contributed by atoms with van der Waals surface area (Å²) in [6.45, 7) is 4.31. The van der Waals surface area contributed by atoms with E-state index >= 15 is 0 Å². The molecule has 1 heterocycles. The van der Waals surface area contributed by atoms with Crippen molar-refractivity contribution in [3.8, 4) is 5.75 Å². The van der Waals surface area contributed by atoms with Crippen molar-refractivity contribution in [1.82, 2.24) is 15.3 Å². The number of aryl methyl sites for hydroxylation is 2. The number of carbonyl (C=O) groups is 1. The summed E-state index contributed by atoms with van der Waals surface area (Å²) >= 11 is 0. The fourth-order valence-corrected chi connectivity index (χ4v) is 2.86. The summed E-state index contributed by atoms with van der Waals surface area (Å²) in [5.41, 5.74) is 3.50. The Kier molecular flexibility index (Phi) is 6.22. The molecule has 0 aliphatic carbocycles. The molecule has 0 saturated heterocycles. The van der Waals surface area contributed by atoms with Crippen molar-refractivity contribution >= 4 is 17.4 Å². The molecule has 0 spiro atoms. The van der Waals surface area contributed by atoms with Gasteiger partial charge in [0.2, 0.25) is 0 Å². The third-order valence-corrected chi connectivity index (χ3v) is 4.19. The fraction of sp³-hybridized carbons (Fsp3) is 0.227. The molecule has 0 fully saturated rings. The SMILES string of the molecule is COc1cccc(CCNC(=O)c2cc(Nc3cccc(C)c3)nc(C)n2)c1. The van der Waals surface area contributed by atoms with Crippen LogP contribution in [0, 0.1) is 13.8 Å². The molecule has 0 bridgehead atoms. The smallest absolute Gasteiger partial charge is 0.270 e. The van der Waals surface area contributed by atoms with Gasteiger partial charge in [-0.25, -0.2) is 9.97 Å². The van der Waals surface area contributed by atoms with Crippen LogP contribution in [0.5, 0.6) is 5.75 Å². The summed E-state index contributed by atoms with van der Waals surface area (Å²) in [5.74, 6) is 1.72. The van der Waals surface area contributed by atoms with Gasteiger partial charge in [0.1, 0.15) is 23.1 Å². The maximum absolute atomic E-state index is 12.5. The van der Waals surface area contributed by atoms with Crippen LogP contribution < -0.4 is 15.4 Å². The number of rotatable bonds is 7. The number of benzene rings is 2. The second-order valence-corrected chi connectivity index (χ2v) is 6.54. The zero-order valence-corrected chi connectivity index (χ0v) is 16.3. The number of amides is 1. The molecule has 0 unspecified atom stereocenters. The molecule has 0 aliphatic heterocycles. The number of ether oxygens (including phenoxy) is 1. The minimum Gasteiger partial charge on any atom is -0.497 e. The monoisotopic (exact) mass is 376 g/mol. The molecule has 0 saturated carbocycles. The van der Waals surface area contributed by atoms with Crippen LogP contribution in [0.15, 0.2) is 54.6 Å². The third-order valence-electron chi connectivity index (χ3n) is 4.19. The number of carbonyl (C=O) groups excluding carboxylic acids is 1. The zero-order valence-electron chi connectivity index (χ0n) is 16.3. The second kappa shape index (κ2) is 8.99. The molecule has 0 aliphatic rings. The molecule has 144 valence electrons. The van der Waals surface area contributed by atoms with E-state index in [-0.39, 0.29) is 5.91 Å². The predicted octanol–water partition coefficient (Wildman–Crippen LogP) is 3.82. The van der Waals surface area contributed by atoms with Crippen molar-refractivity contribution in [3.63, 3.8) is 0 Å². The van der Waals surface area contributed by atoms with E-state index in [9.17, 15) is 4.79 Å². The van der Waals surface area contributed by atoms with E-state index in [0.29, 0.717) is 30.3 Å². The average molecular weight is 376 g/mol. The van der Waals surface area contributed by atoms with Gasteiger partial charge in [-0.1, -0.05) is 24.3 Å². The largest absolute Gasteiger partial charge is 0.497 e. The second-order valence-electron chi connectivity index (χ2n) is 6.54. The van der Waals surface area contributed by atoms with Crippen molar-refractivity contribution < 1.29 is 9.53 Å². The summed E-state index contributed by atoms with van der Waals surface area (Å²) in [5, 5.41) is 6.14. The Morgan fingerprint density at radius 2 is 1.86 bits per heavy atom. The van der Waals surface area contributed by atoms with Gasteiger partial charge in [-0.3, -0.25) is 4.79 Å². The summed E-state index contributed by atoms with van der Waals surface area (Å²) in [6, 6.07) is 17.4. The molecule has 28 heavy (non-hydrogen) atoms. The van der Waals surface area contributed by atoms with Gasteiger partial charge in [-0.15, -0.1) is 0 Å². The van der Waals surface area contributed by atoms with Gasteiger partial charge < -0.3 is 15.4 Å². The topological polar surface area (TPSA) is 76.1 Å². The Balaban J connectivity index is 1.63. The van der Waals surface area contributed by atoms with Crippen LogP contribution in [-0.2, 0) is 6.42 Å². The highest BCUT2D eigenvalue weighted by Gasteiger charge is 2.10. The maximum Gasteiger partial charge on any atom is 0.270 e. The number of methoxy groups -OCH3 is 1. The first-order valence-corrected chi connectivity index (χ1v) is 9.14. The highest BCUT2D eigenvalue weighted by Crippen LogP contribution is 2.17. The fourth-order valence-electron chi connectivity index (χ4n) is 2.86. The molecule has 2 N–H and O–H groups in total. The normalized spacial score (nSPS) is 10.4. The Hall–Kier alpha value is -3.41. The highest BCUT2D eigenvalue weighted by atomic mass is 16.5. The lowest BCUT2D eigenvalue weighted by Crippen LogP contribution is -2.27. The number of anilines is 2. The van der Waals surface area contributed by atoms with E-state index in [0.717, 1.165) is 22.6 Å². The molecule has 3 rings (SSSR count). The van der Waals surface area contributed by atoms with E-state index in [2.05, 4.69) is 20.6 Å². The number of aromatic nitrogens is 2. The number of nitrogens with zero attached hydrogens (tertiary/aromatic N) is 2. The van der Waals surface area contributed by atoms with Crippen molar-refractivity contribution in [2.75, 3.05) is 19.0 Å². The molecule has 1 amide bonds. The Bertz CT molecular complexity index is 972. The van der Waals surface area contributed by atoms with E-state index < -0.39 is 0 Å². The van der Waals surface area contributed by atoms with Crippen LogP contribution in [0.25, 0.3) is 0 Å². The Morgan fingerprint density at radius 3 is 2.64 bits per heavy atom. The molecular weight excluding hydrogens is 352 g/mol. The summed E-state index contributed by atoms with van der Waals surface area (Å²) in [6.07, 6.45) is 0.710. The zero-order chi connectivity index (χ0) is 19.9. The van der Waals surface area contributed by atoms with E-state index in [1.807, 2.05) is 55.5 Å². The van der Waals surface area contributed by atoms with Crippen LogP contribution in [0.2, 0.25) is 0 Å². The lowest BCUT2D eigenvalue weighted by molar-refractivity contribution is 0.0949. The summed E-state index contributed by atoms with van der Waals surface area (Å²) in [4.78, 5) is 21.1. The quantitative estimate of drug-likeness (QED) is 0.656. The van der Waals surface area contributed by atoms with Crippen LogP contribution in [-0.4, -0.2) is 29.5 Å². The predicted molar refractivity (Wildman–Crippen MR) is 110 cm³/mol. The van der Waals surface area contributed by atoms with Crippen molar-refractivity contribution in [2.45, 2.75) is 20.3 Å². The summed E-state index contributed by atoms with van der Waals surface area (Å²) < 4.78 is 5.22. The van der Waals surface area contributed by atoms with Crippen molar-refractivity contribution in [2.24, 2.45) is 0 Å². The molecule has 3 aromatic rings. The molecule has 0 radical (unpaired) electrons. The molecule has 1 aromatic heterocycles. The van der Waals surface area contributed by atoms with Gasteiger partial charge in [0.05, 0.1) is 7.11 Å². The van der Waals surface area contributed by atoms with Crippen LogP contribution in [0.3, 0.4) is 0 Å². The van der Waals surface area contributed by atoms with Crippen molar-refractivity contribution in [3.05, 3.63) is 77.2 Å². The van der Waals surface area contributed by atoms with Gasteiger partial charge in [-0.05, 0) is 55.7 Å². The van der Waals surface area contributed by atoms with Gasteiger partial charge in [0, 0.05) is 18.3 Å². The molecule has 0 atom stereocenters. The molecule has 6 heteroatoms. The van der Waals surface area contributed by atoms with E-state index in [1.54, 1.807) is 20.1 Å². The van der Waals surface area contributed by atoms with Crippen LogP contribution in [0.4, 0.5) is 11.5 Å². The molecular formula is C22H24N4O2. The first-order valence-electron chi connectivity index (χ1n) is 9.14. The molecule has 2 aromatic carbocycles. The minimum absolute atomic E-state index is 0.222. The van der Waals surface area contributed by atoms with Gasteiger partial charge in [0.25, 0.3) is 5.91 Å². The van der Waals surface area contributed by atoms with Gasteiger partial charge >= 0.3 is 0 Å².